The Morgan fingerprint density at radius 1 is 1.22 bits per heavy atom. The quantitative estimate of drug-likeness (QED) is 0.394. The molecule has 0 aromatic heterocycles. The maximum atomic E-state index is 13.3. The largest absolute Gasteiger partial charge is 0.510 e. The number of aliphatic hydroxyl groups is 3. The molecule has 6 N–H and O–H groups in total. The van der Waals surface area contributed by atoms with Crippen LogP contribution in [0.1, 0.15) is 15.9 Å². The lowest BCUT2D eigenvalue weighted by atomic mass is 9.57. The Labute approximate surface area is 183 Å². The van der Waals surface area contributed by atoms with E-state index < -0.39 is 64.1 Å². The van der Waals surface area contributed by atoms with Crippen LogP contribution < -0.4 is 5.73 Å². The van der Waals surface area contributed by atoms with Crippen LogP contribution in [0.3, 0.4) is 0 Å². The highest BCUT2D eigenvalue weighted by molar-refractivity contribution is 6.24. The lowest BCUT2D eigenvalue weighted by Gasteiger charge is -2.53. The van der Waals surface area contributed by atoms with Gasteiger partial charge in [-0.15, -0.1) is 0 Å². The molecule has 3 aliphatic rings. The fraction of sp³-hybridized carbons (Fsp3) is 0.409. The van der Waals surface area contributed by atoms with Gasteiger partial charge in [-0.1, -0.05) is 12.1 Å². The SMILES string of the molecule is CO[C@H]1[C@H]2[C@H](N(C)C)C(O)=C(C(N)=O)C(=O)[C@@]2(O)C(O)=C2C(=O)c3c(O)cccc3C[C@H]21. The van der Waals surface area contributed by atoms with Gasteiger partial charge in [0.2, 0.25) is 5.78 Å². The molecule has 1 amide bonds. The molecule has 0 spiro atoms. The maximum Gasteiger partial charge on any atom is 0.255 e. The number of carbonyl (C=O) groups is 3. The molecule has 0 radical (unpaired) electrons. The van der Waals surface area contributed by atoms with E-state index in [1.54, 1.807) is 26.2 Å². The van der Waals surface area contributed by atoms with Crippen molar-refractivity contribution in [3.8, 4) is 5.75 Å². The number of benzene rings is 1. The van der Waals surface area contributed by atoms with Crippen LogP contribution in [0.4, 0.5) is 0 Å². The molecule has 10 heteroatoms. The normalized spacial score (nSPS) is 32.0. The second-order valence-corrected chi connectivity index (χ2v) is 8.57. The molecule has 32 heavy (non-hydrogen) atoms. The van der Waals surface area contributed by atoms with Crippen molar-refractivity contribution in [1.29, 1.82) is 0 Å². The fourth-order valence-corrected chi connectivity index (χ4v) is 5.48. The summed E-state index contributed by atoms with van der Waals surface area (Å²) in [5, 5.41) is 43.9. The third-order valence-electron chi connectivity index (χ3n) is 6.78. The molecule has 10 nitrogen and oxygen atoms in total. The summed E-state index contributed by atoms with van der Waals surface area (Å²) in [6, 6.07) is 3.43. The van der Waals surface area contributed by atoms with Gasteiger partial charge in [-0.25, -0.2) is 0 Å². The zero-order chi connectivity index (χ0) is 23.7. The zero-order valence-corrected chi connectivity index (χ0v) is 17.7. The zero-order valence-electron chi connectivity index (χ0n) is 17.7. The van der Waals surface area contributed by atoms with Crippen molar-refractivity contribution in [3.05, 3.63) is 52.0 Å². The number of primary amides is 1. The van der Waals surface area contributed by atoms with Gasteiger partial charge in [0, 0.05) is 18.6 Å². The van der Waals surface area contributed by atoms with Crippen molar-refractivity contribution < 1.29 is 39.5 Å². The van der Waals surface area contributed by atoms with E-state index in [-0.39, 0.29) is 23.3 Å². The predicted molar refractivity (Wildman–Crippen MR) is 110 cm³/mol. The minimum atomic E-state index is -2.75. The van der Waals surface area contributed by atoms with Crippen molar-refractivity contribution in [2.24, 2.45) is 17.6 Å². The number of phenolic OH excluding ortho intramolecular Hbond substituents is 1. The highest BCUT2D eigenvalue weighted by Crippen LogP contribution is 2.52. The topological polar surface area (TPSA) is 171 Å². The number of phenols is 1. The third kappa shape index (κ3) is 2.60. The second-order valence-electron chi connectivity index (χ2n) is 8.57. The lowest BCUT2D eigenvalue weighted by Crippen LogP contribution is -2.68. The number of nitrogens with zero attached hydrogens (tertiary/aromatic N) is 1. The Morgan fingerprint density at radius 3 is 2.44 bits per heavy atom. The van der Waals surface area contributed by atoms with Crippen molar-refractivity contribution >= 4 is 17.5 Å². The van der Waals surface area contributed by atoms with Crippen molar-refractivity contribution in [2.45, 2.75) is 24.2 Å². The van der Waals surface area contributed by atoms with Crippen LogP contribution in [0.5, 0.6) is 5.75 Å². The number of hydrogen-bond donors (Lipinski definition) is 5. The van der Waals surface area contributed by atoms with Gasteiger partial charge in [0.25, 0.3) is 5.91 Å². The summed E-state index contributed by atoms with van der Waals surface area (Å²) in [6.07, 6.45) is -0.847. The Morgan fingerprint density at radius 2 is 1.88 bits per heavy atom. The van der Waals surface area contributed by atoms with Crippen molar-refractivity contribution in [3.63, 3.8) is 0 Å². The van der Waals surface area contributed by atoms with E-state index in [2.05, 4.69) is 0 Å². The van der Waals surface area contributed by atoms with Gasteiger partial charge < -0.3 is 30.9 Å². The Bertz CT molecular complexity index is 1120. The fourth-order valence-electron chi connectivity index (χ4n) is 5.48. The third-order valence-corrected chi connectivity index (χ3v) is 6.78. The minimum absolute atomic E-state index is 0.0388. The van der Waals surface area contributed by atoms with Gasteiger partial charge in [0.05, 0.1) is 23.6 Å². The number of ketones is 2. The van der Waals surface area contributed by atoms with Crippen molar-refractivity contribution in [2.75, 3.05) is 21.2 Å². The van der Waals surface area contributed by atoms with Crippen LogP contribution in [-0.2, 0) is 20.7 Å². The summed E-state index contributed by atoms with van der Waals surface area (Å²) in [5.74, 6) is -7.27. The number of carbonyl (C=O) groups excluding carboxylic acids is 3. The van der Waals surface area contributed by atoms with Gasteiger partial charge >= 0.3 is 0 Å². The highest BCUT2D eigenvalue weighted by Gasteiger charge is 2.66. The summed E-state index contributed by atoms with van der Waals surface area (Å²) in [6.45, 7) is 0. The number of aromatic hydroxyl groups is 1. The number of nitrogens with two attached hydrogens (primary N) is 1. The Hall–Kier alpha value is -3.21. The summed E-state index contributed by atoms with van der Waals surface area (Å²) < 4.78 is 5.66. The van der Waals surface area contributed by atoms with Crippen LogP contribution in [0.25, 0.3) is 0 Å². The van der Waals surface area contributed by atoms with Crippen LogP contribution in [-0.4, -0.2) is 81.8 Å². The maximum absolute atomic E-state index is 13.3. The van der Waals surface area contributed by atoms with Crippen LogP contribution >= 0.6 is 0 Å². The van der Waals surface area contributed by atoms with Crippen molar-refractivity contribution in [1.82, 2.24) is 4.90 Å². The van der Waals surface area contributed by atoms with Gasteiger partial charge in [-0.05, 0) is 32.1 Å². The van der Waals surface area contributed by atoms with Crippen LogP contribution in [0, 0.1) is 11.8 Å². The smallest absolute Gasteiger partial charge is 0.255 e. The summed E-state index contributed by atoms with van der Waals surface area (Å²) in [5.41, 5.74) is 1.91. The first kappa shape index (κ1) is 22.0. The molecule has 0 fully saturated rings. The molecule has 170 valence electrons. The number of methoxy groups -OCH3 is 1. The molecule has 0 aliphatic heterocycles. The lowest BCUT2D eigenvalue weighted by molar-refractivity contribution is -0.164. The highest BCUT2D eigenvalue weighted by atomic mass is 16.5. The molecule has 3 aliphatic carbocycles. The number of amides is 1. The molecule has 4 rings (SSSR count). The van der Waals surface area contributed by atoms with Gasteiger partial charge in [0.15, 0.2) is 11.4 Å². The standard InChI is InChI=1S/C22H24N2O8/c1-24(2)15-14-18(32-3)9-7-8-5-4-6-10(25)11(8)16(26)12(9)19(28)22(14,31)20(29)13(17(15)27)21(23)30/h4-6,9,14-15,18,25,27-28,31H,7H2,1-3H3,(H2,23,30)/t9-,14-,15+,18-,22+/m1/s1. The summed E-state index contributed by atoms with van der Waals surface area (Å²) >= 11 is 0. The van der Waals surface area contributed by atoms with E-state index >= 15 is 0 Å². The number of ether oxygens (including phenoxy) is 1. The minimum Gasteiger partial charge on any atom is -0.510 e. The number of fused-ring (bicyclic) bond motifs is 3. The molecule has 0 saturated heterocycles. The van der Waals surface area contributed by atoms with Gasteiger partial charge in [-0.2, -0.15) is 0 Å². The first-order valence-corrected chi connectivity index (χ1v) is 9.96. The second kappa shape index (κ2) is 7.16. The molecule has 1 aromatic rings. The molecule has 1 aromatic carbocycles. The van der Waals surface area contributed by atoms with E-state index in [4.69, 9.17) is 10.5 Å². The Kier molecular flexibility index (Phi) is 4.92. The molecular formula is C22H24N2O8. The number of Topliss-reactive ketones (excluding diaryl/α,β-unsaturated/α-hetero) is 2. The van der Waals surface area contributed by atoms with Gasteiger partial charge in [0.1, 0.15) is 22.8 Å². The van der Waals surface area contributed by atoms with E-state index in [1.165, 1.54) is 18.1 Å². The van der Waals surface area contributed by atoms with Crippen LogP contribution in [0.2, 0.25) is 0 Å². The van der Waals surface area contributed by atoms with Crippen LogP contribution in [0.15, 0.2) is 40.9 Å². The number of rotatable bonds is 3. The van der Waals surface area contributed by atoms with E-state index in [0.717, 1.165) is 0 Å². The molecule has 0 saturated carbocycles. The van der Waals surface area contributed by atoms with E-state index in [9.17, 15) is 34.8 Å². The summed E-state index contributed by atoms with van der Waals surface area (Å²) in [7, 11) is 4.44. The van der Waals surface area contributed by atoms with E-state index in [1.807, 2.05) is 0 Å². The number of hydrogen-bond acceptors (Lipinski definition) is 9. The predicted octanol–water partition coefficient (Wildman–Crippen LogP) is -0.254. The van der Waals surface area contributed by atoms with Gasteiger partial charge in [-0.3, -0.25) is 19.3 Å². The number of likely N-dealkylation sites (N-methyl/N-ethyl adjacent to an activating group) is 1. The Balaban J connectivity index is 2.05. The summed E-state index contributed by atoms with van der Waals surface area (Å²) in [4.78, 5) is 40.1. The first-order valence-electron chi connectivity index (χ1n) is 9.96. The monoisotopic (exact) mass is 444 g/mol. The molecule has 0 heterocycles. The average molecular weight is 444 g/mol. The average Bonchev–Trinajstić information content (AvgIpc) is 2.70. The number of aliphatic hydroxyl groups excluding tert-OH is 2. The molecular weight excluding hydrogens is 420 g/mol. The molecule has 0 unspecified atom stereocenters. The molecule has 0 bridgehead atoms. The van der Waals surface area contributed by atoms with E-state index in [0.29, 0.717) is 5.56 Å². The first-order chi connectivity index (χ1) is 15.0. The molecule has 5 atom stereocenters.